The molecule has 0 spiro atoms. The number of hydrogen-bond acceptors (Lipinski definition) is 3. The molecule has 0 bridgehead atoms. The molecule has 3 nitrogen and oxygen atoms in total. The van der Waals surface area contributed by atoms with E-state index in [1.165, 1.54) is 7.11 Å². The molecule has 0 unspecified atom stereocenters. The van der Waals surface area contributed by atoms with Gasteiger partial charge in [0.1, 0.15) is 5.92 Å². The molecule has 1 aliphatic rings. The number of ketones is 1. The molecule has 0 saturated carbocycles. The first-order valence-electron chi connectivity index (χ1n) is 7.63. The summed E-state index contributed by atoms with van der Waals surface area (Å²) in [5.74, 6) is -1.62. The van der Waals surface area contributed by atoms with Crippen LogP contribution in [0.3, 0.4) is 0 Å². The van der Waals surface area contributed by atoms with E-state index < -0.39 is 11.9 Å². The summed E-state index contributed by atoms with van der Waals surface area (Å²) >= 11 is 0. The first-order valence-corrected chi connectivity index (χ1v) is 7.63. The number of esters is 1. The molecule has 0 aromatic heterocycles. The highest BCUT2D eigenvalue weighted by molar-refractivity contribution is 6.10. The topological polar surface area (TPSA) is 43.4 Å². The van der Waals surface area contributed by atoms with Gasteiger partial charge < -0.3 is 4.74 Å². The molecular weight excluding hydrogens is 288 g/mol. The van der Waals surface area contributed by atoms with Crippen LogP contribution in [0.15, 0.2) is 66.7 Å². The van der Waals surface area contributed by atoms with Crippen LogP contribution in [0.5, 0.6) is 0 Å². The fourth-order valence-electron chi connectivity index (χ4n) is 3.14. The monoisotopic (exact) mass is 306 g/mol. The average Bonchev–Trinajstić information content (AvgIpc) is 2.62. The van der Waals surface area contributed by atoms with Gasteiger partial charge >= 0.3 is 5.97 Å². The van der Waals surface area contributed by atoms with Crippen LogP contribution in [0, 0.1) is 5.92 Å². The van der Waals surface area contributed by atoms with Crippen LogP contribution in [0.2, 0.25) is 0 Å². The number of rotatable bonds is 3. The Balaban J connectivity index is 2.03. The SMILES string of the molecule is COC(=O)[C@H]1C(=O)C=C(c2ccccc2)C[C@H]1c1ccccc1. The summed E-state index contributed by atoms with van der Waals surface area (Å²) in [6.07, 6.45) is 2.23. The van der Waals surface area contributed by atoms with E-state index in [1.807, 2.05) is 60.7 Å². The Kier molecular flexibility index (Phi) is 4.38. The zero-order chi connectivity index (χ0) is 16.2. The highest BCUT2D eigenvalue weighted by Gasteiger charge is 2.39. The fourth-order valence-corrected chi connectivity index (χ4v) is 3.14. The van der Waals surface area contributed by atoms with Crippen LogP contribution in [-0.4, -0.2) is 18.9 Å². The summed E-state index contributed by atoms with van der Waals surface area (Å²) in [5.41, 5.74) is 2.97. The zero-order valence-electron chi connectivity index (χ0n) is 12.9. The van der Waals surface area contributed by atoms with Gasteiger partial charge in [-0.3, -0.25) is 9.59 Å². The van der Waals surface area contributed by atoms with E-state index >= 15 is 0 Å². The lowest BCUT2D eigenvalue weighted by molar-refractivity contribution is -0.149. The Morgan fingerprint density at radius 2 is 1.61 bits per heavy atom. The third kappa shape index (κ3) is 3.09. The van der Waals surface area contributed by atoms with Gasteiger partial charge in [0, 0.05) is 5.92 Å². The second-order valence-corrected chi connectivity index (χ2v) is 5.66. The molecule has 2 aromatic rings. The molecule has 3 rings (SSSR count). The zero-order valence-corrected chi connectivity index (χ0v) is 12.9. The Bertz CT molecular complexity index is 732. The van der Waals surface area contributed by atoms with Crippen molar-refractivity contribution in [2.24, 2.45) is 5.92 Å². The van der Waals surface area contributed by atoms with Gasteiger partial charge in [0.2, 0.25) is 0 Å². The summed E-state index contributed by atoms with van der Waals surface area (Å²) < 4.78 is 4.86. The van der Waals surface area contributed by atoms with E-state index in [2.05, 4.69) is 0 Å². The molecule has 0 radical (unpaired) electrons. The molecular formula is C20H18O3. The van der Waals surface area contributed by atoms with Crippen LogP contribution in [0.4, 0.5) is 0 Å². The second-order valence-electron chi connectivity index (χ2n) is 5.66. The van der Waals surface area contributed by atoms with Crippen molar-refractivity contribution >= 4 is 17.3 Å². The molecule has 116 valence electrons. The van der Waals surface area contributed by atoms with Gasteiger partial charge in [-0.25, -0.2) is 0 Å². The highest BCUT2D eigenvalue weighted by Crippen LogP contribution is 2.40. The van der Waals surface area contributed by atoms with Crippen molar-refractivity contribution in [2.75, 3.05) is 7.11 Å². The molecule has 0 heterocycles. The smallest absolute Gasteiger partial charge is 0.317 e. The van der Waals surface area contributed by atoms with E-state index in [-0.39, 0.29) is 11.7 Å². The van der Waals surface area contributed by atoms with Crippen LogP contribution in [0.25, 0.3) is 5.57 Å². The minimum absolute atomic E-state index is 0.184. The minimum Gasteiger partial charge on any atom is -0.468 e. The number of methoxy groups -OCH3 is 1. The number of allylic oxidation sites excluding steroid dienone is 2. The van der Waals surface area contributed by atoms with Crippen molar-refractivity contribution < 1.29 is 14.3 Å². The molecule has 1 aliphatic carbocycles. The van der Waals surface area contributed by atoms with Crippen molar-refractivity contribution in [2.45, 2.75) is 12.3 Å². The summed E-state index contributed by atoms with van der Waals surface area (Å²) in [6, 6.07) is 19.5. The Morgan fingerprint density at radius 3 is 2.22 bits per heavy atom. The number of carbonyl (C=O) groups excluding carboxylic acids is 2. The summed E-state index contributed by atoms with van der Waals surface area (Å²) in [5, 5.41) is 0. The largest absolute Gasteiger partial charge is 0.468 e. The van der Waals surface area contributed by atoms with Crippen LogP contribution in [0.1, 0.15) is 23.5 Å². The normalized spacial score (nSPS) is 20.7. The number of hydrogen-bond donors (Lipinski definition) is 0. The number of benzene rings is 2. The maximum absolute atomic E-state index is 12.6. The van der Waals surface area contributed by atoms with Gasteiger partial charge in [0.25, 0.3) is 0 Å². The van der Waals surface area contributed by atoms with Gasteiger partial charge in [0.15, 0.2) is 5.78 Å². The third-order valence-electron chi connectivity index (χ3n) is 4.29. The van der Waals surface area contributed by atoms with Gasteiger partial charge in [-0.1, -0.05) is 60.7 Å². The van der Waals surface area contributed by atoms with Gasteiger partial charge in [-0.05, 0) is 29.2 Å². The van der Waals surface area contributed by atoms with Crippen LogP contribution < -0.4 is 0 Å². The Hall–Kier alpha value is -2.68. The molecule has 3 heteroatoms. The maximum Gasteiger partial charge on any atom is 0.317 e. The molecule has 2 atom stereocenters. The van der Waals surface area contributed by atoms with Crippen molar-refractivity contribution in [3.8, 4) is 0 Å². The first-order chi connectivity index (χ1) is 11.2. The van der Waals surface area contributed by atoms with Gasteiger partial charge in [-0.2, -0.15) is 0 Å². The van der Waals surface area contributed by atoms with E-state index in [0.29, 0.717) is 6.42 Å². The second kappa shape index (κ2) is 6.61. The van der Waals surface area contributed by atoms with E-state index in [1.54, 1.807) is 6.08 Å². The summed E-state index contributed by atoms with van der Waals surface area (Å²) in [7, 11) is 1.33. The van der Waals surface area contributed by atoms with Crippen molar-refractivity contribution in [1.82, 2.24) is 0 Å². The minimum atomic E-state index is -0.769. The van der Waals surface area contributed by atoms with Crippen LogP contribution >= 0.6 is 0 Å². The quantitative estimate of drug-likeness (QED) is 0.642. The number of carbonyl (C=O) groups is 2. The maximum atomic E-state index is 12.6. The van der Waals surface area contributed by atoms with E-state index in [9.17, 15) is 9.59 Å². The molecule has 0 N–H and O–H groups in total. The van der Waals surface area contributed by atoms with Gasteiger partial charge in [-0.15, -0.1) is 0 Å². The standard InChI is InChI=1S/C20H18O3/c1-23-20(22)19-17(15-10-6-3-7-11-15)12-16(13-18(19)21)14-8-4-2-5-9-14/h2-11,13,17,19H,12H2,1H3/t17-,19+/m0/s1. The Labute approximate surface area is 135 Å². The highest BCUT2D eigenvalue weighted by atomic mass is 16.5. The average molecular weight is 306 g/mol. The molecule has 23 heavy (non-hydrogen) atoms. The molecule has 0 aliphatic heterocycles. The molecule has 0 fully saturated rings. The Morgan fingerprint density at radius 1 is 1.00 bits per heavy atom. The molecule has 0 amide bonds. The van der Waals surface area contributed by atoms with Gasteiger partial charge in [0.05, 0.1) is 7.11 Å². The lowest BCUT2D eigenvalue weighted by Gasteiger charge is -2.29. The lowest BCUT2D eigenvalue weighted by atomic mass is 9.73. The fraction of sp³-hybridized carbons (Fsp3) is 0.200. The third-order valence-corrected chi connectivity index (χ3v) is 4.29. The van der Waals surface area contributed by atoms with E-state index in [0.717, 1.165) is 16.7 Å². The molecule has 2 aromatic carbocycles. The van der Waals surface area contributed by atoms with Crippen molar-refractivity contribution in [3.63, 3.8) is 0 Å². The van der Waals surface area contributed by atoms with Crippen molar-refractivity contribution in [3.05, 3.63) is 77.9 Å². The van der Waals surface area contributed by atoms with E-state index in [4.69, 9.17) is 4.74 Å². The predicted octanol–water partition coefficient (Wildman–Crippen LogP) is 3.62. The first kappa shape index (κ1) is 15.2. The number of ether oxygens (including phenoxy) is 1. The summed E-state index contributed by atoms with van der Waals surface area (Å²) in [6.45, 7) is 0. The lowest BCUT2D eigenvalue weighted by Crippen LogP contribution is -2.33. The summed E-state index contributed by atoms with van der Waals surface area (Å²) in [4.78, 5) is 24.7. The predicted molar refractivity (Wildman–Crippen MR) is 88.7 cm³/mol. The van der Waals surface area contributed by atoms with Crippen LogP contribution in [-0.2, 0) is 14.3 Å². The van der Waals surface area contributed by atoms with Crippen molar-refractivity contribution in [1.29, 1.82) is 0 Å². The molecule has 0 saturated heterocycles.